The number of rotatable bonds is 4. The van der Waals surface area contributed by atoms with E-state index in [0.717, 1.165) is 0 Å². The van der Waals surface area contributed by atoms with Crippen molar-refractivity contribution in [1.82, 2.24) is 4.98 Å². The topological polar surface area (TPSA) is 97.6 Å². The van der Waals surface area contributed by atoms with E-state index in [-0.39, 0.29) is 11.3 Å². The fourth-order valence-corrected chi connectivity index (χ4v) is 4.47. The first-order valence-electron chi connectivity index (χ1n) is 8.61. The van der Waals surface area contributed by atoms with Gasteiger partial charge in [0.1, 0.15) is 11.2 Å². The monoisotopic (exact) mass is 452 g/mol. The number of hydrogen-bond acceptors (Lipinski definition) is 7. The van der Waals surface area contributed by atoms with E-state index in [4.69, 9.17) is 27.9 Å². The van der Waals surface area contributed by atoms with Gasteiger partial charge in [0.25, 0.3) is 11.6 Å². The number of benzene rings is 2. The number of fused-ring (bicyclic) bond motifs is 1. The lowest BCUT2D eigenvalue weighted by atomic mass is 10.1. The second-order valence-electron chi connectivity index (χ2n) is 6.24. The van der Waals surface area contributed by atoms with Crippen LogP contribution in [0.3, 0.4) is 0 Å². The maximum absolute atomic E-state index is 12.7. The summed E-state index contributed by atoms with van der Waals surface area (Å²) in [4.78, 5) is 29.9. The minimum Gasteiger partial charge on any atom is -0.378 e. The SMILES string of the molecule is O=C(Nc1nc2c(Cl)ccc(Cl)c2s1)c1ccc(N2CCOCC2)c([N+](=O)[O-])c1. The first kappa shape index (κ1) is 19.8. The van der Waals surface area contributed by atoms with E-state index in [2.05, 4.69) is 10.3 Å². The van der Waals surface area contributed by atoms with Crippen molar-refractivity contribution in [2.24, 2.45) is 0 Å². The molecule has 4 rings (SSSR count). The Morgan fingerprint density at radius 1 is 1.21 bits per heavy atom. The molecule has 1 fully saturated rings. The van der Waals surface area contributed by atoms with Gasteiger partial charge in [-0.25, -0.2) is 4.98 Å². The number of nitrogens with one attached hydrogen (secondary N) is 1. The van der Waals surface area contributed by atoms with Gasteiger partial charge in [-0.05, 0) is 24.3 Å². The molecule has 150 valence electrons. The lowest BCUT2D eigenvalue weighted by Gasteiger charge is -2.28. The Morgan fingerprint density at radius 3 is 2.62 bits per heavy atom. The van der Waals surface area contributed by atoms with Crippen LogP contribution in [0, 0.1) is 10.1 Å². The largest absolute Gasteiger partial charge is 0.378 e. The summed E-state index contributed by atoms with van der Waals surface area (Å²) in [5.74, 6) is -0.507. The second-order valence-corrected chi connectivity index (χ2v) is 8.05. The highest BCUT2D eigenvalue weighted by molar-refractivity contribution is 7.23. The van der Waals surface area contributed by atoms with Crippen LogP contribution in [0.4, 0.5) is 16.5 Å². The number of anilines is 2. The molecule has 3 aromatic rings. The van der Waals surface area contributed by atoms with Crippen molar-refractivity contribution in [3.63, 3.8) is 0 Å². The number of carbonyl (C=O) groups is 1. The van der Waals surface area contributed by atoms with E-state index in [9.17, 15) is 14.9 Å². The van der Waals surface area contributed by atoms with E-state index in [1.165, 1.54) is 17.4 Å². The average Bonchev–Trinajstić information content (AvgIpc) is 3.16. The van der Waals surface area contributed by atoms with Crippen LogP contribution in [0.15, 0.2) is 30.3 Å². The highest BCUT2D eigenvalue weighted by Crippen LogP contribution is 2.36. The normalized spacial score (nSPS) is 14.2. The second kappa shape index (κ2) is 8.11. The molecule has 1 N–H and O–H groups in total. The van der Waals surface area contributed by atoms with Gasteiger partial charge in [-0.1, -0.05) is 34.5 Å². The molecule has 1 saturated heterocycles. The summed E-state index contributed by atoms with van der Waals surface area (Å²) in [6.07, 6.45) is 0. The zero-order valence-electron chi connectivity index (χ0n) is 14.9. The molecule has 11 heteroatoms. The summed E-state index contributed by atoms with van der Waals surface area (Å²) in [5.41, 5.74) is 0.988. The fourth-order valence-electron chi connectivity index (χ4n) is 3.05. The molecule has 2 heterocycles. The Balaban J connectivity index is 1.62. The van der Waals surface area contributed by atoms with Gasteiger partial charge in [-0.15, -0.1) is 0 Å². The summed E-state index contributed by atoms with van der Waals surface area (Å²) in [6, 6.07) is 7.70. The molecule has 0 aliphatic carbocycles. The van der Waals surface area contributed by atoms with Crippen molar-refractivity contribution in [1.29, 1.82) is 0 Å². The lowest BCUT2D eigenvalue weighted by Crippen LogP contribution is -2.36. The average molecular weight is 453 g/mol. The molecular weight excluding hydrogens is 439 g/mol. The maximum Gasteiger partial charge on any atom is 0.293 e. The van der Waals surface area contributed by atoms with Crippen LogP contribution in [-0.2, 0) is 4.74 Å². The predicted octanol–water partition coefficient (Wildman–Crippen LogP) is 4.60. The number of nitrogens with zero attached hydrogens (tertiary/aromatic N) is 3. The van der Waals surface area contributed by atoms with Crippen molar-refractivity contribution in [2.45, 2.75) is 0 Å². The van der Waals surface area contributed by atoms with Gasteiger partial charge in [0.05, 0.1) is 32.9 Å². The van der Waals surface area contributed by atoms with Crippen molar-refractivity contribution < 1.29 is 14.5 Å². The third-order valence-electron chi connectivity index (χ3n) is 4.45. The third kappa shape index (κ3) is 3.99. The predicted molar refractivity (Wildman–Crippen MR) is 114 cm³/mol. The maximum atomic E-state index is 12.7. The summed E-state index contributed by atoms with van der Waals surface area (Å²) in [6.45, 7) is 2.11. The van der Waals surface area contributed by atoms with E-state index < -0.39 is 10.8 Å². The first-order chi connectivity index (χ1) is 13.9. The van der Waals surface area contributed by atoms with Crippen LogP contribution in [0.2, 0.25) is 10.0 Å². The minimum absolute atomic E-state index is 0.130. The van der Waals surface area contributed by atoms with Gasteiger partial charge in [-0.3, -0.25) is 20.2 Å². The van der Waals surface area contributed by atoms with Crippen LogP contribution in [0.5, 0.6) is 0 Å². The minimum atomic E-state index is -0.507. The van der Waals surface area contributed by atoms with Crippen molar-refractivity contribution in [3.05, 3.63) is 56.1 Å². The number of carbonyl (C=O) groups excluding carboxylic acids is 1. The Bertz CT molecular complexity index is 1080. The zero-order chi connectivity index (χ0) is 20.5. The van der Waals surface area contributed by atoms with Gasteiger partial charge in [0.2, 0.25) is 0 Å². The Morgan fingerprint density at radius 2 is 1.93 bits per heavy atom. The molecule has 0 unspecified atom stereocenters. The molecular formula is C18H14Cl2N4O4S. The smallest absolute Gasteiger partial charge is 0.293 e. The number of aromatic nitrogens is 1. The van der Waals surface area contributed by atoms with Crippen LogP contribution < -0.4 is 10.2 Å². The molecule has 0 spiro atoms. The molecule has 1 aliphatic rings. The van der Waals surface area contributed by atoms with E-state index in [1.807, 2.05) is 4.90 Å². The molecule has 8 nitrogen and oxygen atoms in total. The van der Waals surface area contributed by atoms with Gasteiger partial charge in [-0.2, -0.15) is 0 Å². The number of hydrogen-bond donors (Lipinski definition) is 1. The molecule has 0 atom stereocenters. The number of thiazole rings is 1. The van der Waals surface area contributed by atoms with Crippen LogP contribution in [-0.4, -0.2) is 42.1 Å². The molecule has 0 bridgehead atoms. The fraction of sp³-hybridized carbons (Fsp3) is 0.222. The Hall–Kier alpha value is -2.46. The van der Waals surface area contributed by atoms with Gasteiger partial charge in [0, 0.05) is 24.7 Å². The van der Waals surface area contributed by atoms with E-state index in [1.54, 1.807) is 24.3 Å². The quantitative estimate of drug-likeness (QED) is 0.458. The number of nitro groups is 1. The van der Waals surface area contributed by atoms with Crippen LogP contribution in [0.25, 0.3) is 10.2 Å². The van der Waals surface area contributed by atoms with Crippen molar-refractivity contribution in [2.75, 3.05) is 36.5 Å². The third-order valence-corrected chi connectivity index (χ3v) is 6.19. The number of nitro benzene ring substituents is 1. The number of halogens is 2. The molecule has 0 saturated carbocycles. The molecule has 2 aromatic carbocycles. The Labute approximate surface area is 179 Å². The molecule has 0 radical (unpaired) electrons. The summed E-state index contributed by atoms with van der Waals surface area (Å²) < 4.78 is 5.95. The van der Waals surface area contributed by atoms with E-state index >= 15 is 0 Å². The highest BCUT2D eigenvalue weighted by atomic mass is 35.5. The standard InChI is InChI=1S/C18H14Cl2N4O4S/c19-11-2-3-12(20)16-15(11)21-18(29-16)22-17(25)10-1-4-13(14(9-10)24(26)27)23-5-7-28-8-6-23/h1-4,9H,5-8H2,(H,21,22,25). The highest BCUT2D eigenvalue weighted by Gasteiger charge is 2.24. The van der Waals surface area contributed by atoms with Gasteiger partial charge >= 0.3 is 0 Å². The summed E-state index contributed by atoms with van der Waals surface area (Å²) in [7, 11) is 0. The Kier molecular flexibility index (Phi) is 5.55. The van der Waals surface area contributed by atoms with Gasteiger partial charge in [0.15, 0.2) is 5.13 Å². The van der Waals surface area contributed by atoms with E-state index in [0.29, 0.717) is 57.4 Å². The number of morpholine rings is 1. The summed E-state index contributed by atoms with van der Waals surface area (Å²) >= 11 is 13.5. The first-order valence-corrected chi connectivity index (χ1v) is 10.2. The summed E-state index contributed by atoms with van der Waals surface area (Å²) in [5, 5.41) is 15.4. The molecule has 1 amide bonds. The van der Waals surface area contributed by atoms with Gasteiger partial charge < -0.3 is 9.64 Å². The van der Waals surface area contributed by atoms with Crippen LogP contribution in [0.1, 0.15) is 10.4 Å². The number of ether oxygens (including phenoxy) is 1. The van der Waals surface area contributed by atoms with Crippen LogP contribution >= 0.6 is 34.5 Å². The number of amides is 1. The molecule has 1 aromatic heterocycles. The van der Waals surface area contributed by atoms with Crippen molar-refractivity contribution in [3.8, 4) is 0 Å². The lowest BCUT2D eigenvalue weighted by molar-refractivity contribution is -0.384. The molecule has 29 heavy (non-hydrogen) atoms. The molecule has 1 aliphatic heterocycles. The zero-order valence-corrected chi connectivity index (χ0v) is 17.2. The van der Waals surface area contributed by atoms with Crippen molar-refractivity contribution >= 4 is 67.2 Å².